The Bertz CT molecular complexity index is 350. The lowest BCUT2D eigenvalue weighted by Gasteiger charge is -2.07. The van der Waals surface area contributed by atoms with Crippen LogP contribution < -0.4 is 10.6 Å². The van der Waals surface area contributed by atoms with E-state index in [1.54, 1.807) is 14.0 Å². The van der Waals surface area contributed by atoms with Crippen molar-refractivity contribution in [2.45, 2.75) is 6.92 Å². The van der Waals surface area contributed by atoms with Gasteiger partial charge in [0.15, 0.2) is 5.11 Å². The zero-order valence-electron chi connectivity index (χ0n) is 9.37. The minimum Gasteiger partial charge on any atom is -0.373 e. The number of hydrogen-bond donors (Lipinski definition) is 2. The normalized spacial score (nSPS) is 14.5. The highest BCUT2D eigenvalue weighted by atomic mass is 32.1. The summed E-state index contributed by atoms with van der Waals surface area (Å²) >= 11 is 4.89. The van der Waals surface area contributed by atoms with E-state index in [4.69, 9.17) is 17.0 Å². The van der Waals surface area contributed by atoms with E-state index in [0.29, 0.717) is 36.3 Å². The van der Waals surface area contributed by atoms with Crippen LogP contribution in [0.3, 0.4) is 0 Å². The number of rotatable bonds is 5. The van der Waals surface area contributed by atoms with E-state index < -0.39 is 0 Å². The third-order valence-corrected chi connectivity index (χ3v) is 2.32. The van der Waals surface area contributed by atoms with E-state index in [9.17, 15) is 4.79 Å². The molecule has 1 rings (SSSR count). The maximum atomic E-state index is 11.1. The summed E-state index contributed by atoms with van der Waals surface area (Å²) in [4.78, 5) is 15.2. The largest absolute Gasteiger partial charge is 0.373 e. The smallest absolute Gasteiger partial charge is 0.201 e. The minimum atomic E-state index is -0.0342. The van der Waals surface area contributed by atoms with E-state index >= 15 is 0 Å². The molecule has 5 nitrogen and oxygen atoms in total. The second kappa shape index (κ2) is 6.34. The van der Waals surface area contributed by atoms with Crippen LogP contribution in [0, 0.1) is 0 Å². The second-order valence-electron chi connectivity index (χ2n) is 3.26. The number of allylic oxidation sites excluding steroid dienone is 1. The van der Waals surface area contributed by atoms with Gasteiger partial charge in [-0.2, -0.15) is 0 Å². The fourth-order valence-corrected chi connectivity index (χ4v) is 1.24. The van der Waals surface area contributed by atoms with E-state index in [2.05, 4.69) is 15.6 Å². The Balaban J connectivity index is 2.11. The quantitative estimate of drug-likeness (QED) is 0.525. The molecule has 0 aromatic heterocycles. The Morgan fingerprint density at radius 2 is 2.38 bits per heavy atom. The lowest BCUT2D eigenvalue weighted by atomic mass is 10.3. The zero-order chi connectivity index (χ0) is 12.0. The van der Waals surface area contributed by atoms with Gasteiger partial charge >= 0.3 is 0 Å². The summed E-state index contributed by atoms with van der Waals surface area (Å²) < 4.78 is 5.33. The van der Waals surface area contributed by atoms with Crippen molar-refractivity contribution in [3.8, 4) is 0 Å². The standard InChI is InChI=1S/C10H15N3O2S/c1-7-9(14)5-8(13-7)6-15-4-3-12-10(16)11-2/h5H,3-4,6H2,1-2H3,(H2,11,12,16). The average molecular weight is 241 g/mol. The molecule has 6 heteroatoms. The first-order valence-corrected chi connectivity index (χ1v) is 5.38. The third kappa shape index (κ3) is 4.08. The fourth-order valence-electron chi connectivity index (χ4n) is 1.13. The van der Waals surface area contributed by atoms with Crippen molar-refractivity contribution in [3.63, 3.8) is 0 Å². The van der Waals surface area contributed by atoms with Gasteiger partial charge in [0.25, 0.3) is 0 Å². The summed E-state index contributed by atoms with van der Waals surface area (Å²) in [5, 5.41) is 6.33. The van der Waals surface area contributed by atoms with Gasteiger partial charge in [0.2, 0.25) is 5.78 Å². The third-order valence-electron chi connectivity index (χ3n) is 1.97. The number of nitrogens with zero attached hydrogens (tertiary/aromatic N) is 1. The molecule has 1 heterocycles. The number of ketones is 1. The lowest BCUT2D eigenvalue weighted by molar-refractivity contribution is -0.108. The van der Waals surface area contributed by atoms with Crippen molar-refractivity contribution in [2.75, 3.05) is 26.8 Å². The fraction of sp³-hybridized carbons (Fsp3) is 0.500. The van der Waals surface area contributed by atoms with E-state index in [1.165, 1.54) is 6.08 Å². The molecule has 0 saturated carbocycles. The molecule has 0 radical (unpaired) electrons. The molecule has 2 N–H and O–H groups in total. The SMILES string of the molecule is CNC(=S)NCCOCC1=CC(=O)C(C)=N1. The molecule has 0 bridgehead atoms. The number of hydrogen-bond acceptors (Lipinski definition) is 4. The predicted molar refractivity (Wildman–Crippen MR) is 66.7 cm³/mol. The van der Waals surface area contributed by atoms with Crippen LogP contribution in [0.5, 0.6) is 0 Å². The van der Waals surface area contributed by atoms with Crippen molar-refractivity contribution in [3.05, 3.63) is 11.8 Å². The molecule has 1 aliphatic heterocycles. The Kier molecular flexibility index (Phi) is 5.07. The number of aliphatic imine (C=N–C) groups is 1. The average Bonchev–Trinajstić information content (AvgIpc) is 2.57. The first-order valence-electron chi connectivity index (χ1n) is 4.97. The minimum absolute atomic E-state index is 0.0342. The van der Waals surface area contributed by atoms with Crippen molar-refractivity contribution >= 4 is 28.8 Å². The van der Waals surface area contributed by atoms with Crippen molar-refractivity contribution in [1.82, 2.24) is 10.6 Å². The number of ether oxygens (including phenoxy) is 1. The molecule has 1 aliphatic rings. The van der Waals surface area contributed by atoms with Crippen LogP contribution in [0.2, 0.25) is 0 Å². The second-order valence-corrected chi connectivity index (χ2v) is 3.66. The van der Waals surface area contributed by atoms with E-state index in [0.717, 1.165) is 0 Å². The van der Waals surface area contributed by atoms with Crippen molar-refractivity contribution in [2.24, 2.45) is 4.99 Å². The topological polar surface area (TPSA) is 62.7 Å². The molecule has 0 aromatic carbocycles. The first kappa shape index (κ1) is 12.8. The number of thiocarbonyl (C=S) groups is 1. The van der Waals surface area contributed by atoms with E-state index in [1.807, 2.05) is 0 Å². The molecule has 0 unspecified atom stereocenters. The van der Waals surface area contributed by atoms with Crippen LogP contribution in [0.1, 0.15) is 6.92 Å². The molecular formula is C10H15N3O2S. The molecule has 0 aromatic rings. The number of carbonyl (C=O) groups is 1. The Morgan fingerprint density at radius 1 is 1.62 bits per heavy atom. The summed E-state index contributed by atoms with van der Waals surface area (Å²) in [6.07, 6.45) is 1.50. The van der Waals surface area contributed by atoms with Crippen molar-refractivity contribution < 1.29 is 9.53 Å². The summed E-state index contributed by atoms with van der Waals surface area (Å²) in [5.74, 6) is -0.0342. The monoisotopic (exact) mass is 241 g/mol. The molecule has 0 fully saturated rings. The van der Waals surface area contributed by atoms with Crippen LogP contribution in [0.25, 0.3) is 0 Å². The Labute approximate surface area is 100.0 Å². The van der Waals surface area contributed by atoms with Crippen LogP contribution in [0.15, 0.2) is 16.8 Å². The molecule has 88 valence electrons. The maximum Gasteiger partial charge on any atom is 0.201 e. The number of nitrogens with one attached hydrogen (secondary N) is 2. The summed E-state index contributed by atoms with van der Waals surface area (Å²) in [7, 11) is 1.75. The summed E-state index contributed by atoms with van der Waals surface area (Å²) in [5.41, 5.74) is 1.20. The first-order chi connectivity index (χ1) is 7.63. The number of carbonyl (C=O) groups excluding carboxylic acids is 1. The molecule has 0 aliphatic carbocycles. The van der Waals surface area contributed by atoms with Crippen LogP contribution in [-0.2, 0) is 9.53 Å². The lowest BCUT2D eigenvalue weighted by Crippen LogP contribution is -2.34. The van der Waals surface area contributed by atoms with Gasteiger partial charge in [-0.3, -0.25) is 9.79 Å². The van der Waals surface area contributed by atoms with Gasteiger partial charge in [-0.25, -0.2) is 0 Å². The van der Waals surface area contributed by atoms with Gasteiger partial charge in [0, 0.05) is 19.7 Å². The van der Waals surface area contributed by atoms with Gasteiger partial charge < -0.3 is 15.4 Å². The van der Waals surface area contributed by atoms with Crippen LogP contribution >= 0.6 is 12.2 Å². The molecule has 0 atom stereocenters. The molecule has 16 heavy (non-hydrogen) atoms. The summed E-state index contributed by atoms with van der Waals surface area (Å²) in [6.45, 7) is 3.20. The Morgan fingerprint density at radius 3 is 2.94 bits per heavy atom. The van der Waals surface area contributed by atoms with E-state index in [-0.39, 0.29) is 5.78 Å². The highest BCUT2D eigenvalue weighted by Crippen LogP contribution is 2.07. The summed E-state index contributed by atoms with van der Waals surface area (Å²) in [6, 6.07) is 0. The van der Waals surface area contributed by atoms with Gasteiger partial charge in [0.1, 0.15) is 0 Å². The Hall–Kier alpha value is -1.27. The highest BCUT2D eigenvalue weighted by molar-refractivity contribution is 7.80. The van der Waals surface area contributed by atoms with Crippen LogP contribution in [0.4, 0.5) is 0 Å². The molecule has 0 spiro atoms. The van der Waals surface area contributed by atoms with Crippen LogP contribution in [-0.4, -0.2) is 43.4 Å². The van der Waals surface area contributed by atoms with Gasteiger partial charge in [-0.15, -0.1) is 0 Å². The highest BCUT2D eigenvalue weighted by Gasteiger charge is 2.12. The van der Waals surface area contributed by atoms with Gasteiger partial charge in [-0.05, 0) is 19.1 Å². The maximum absolute atomic E-state index is 11.1. The molecule has 0 amide bonds. The van der Waals surface area contributed by atoms with Gasteiger partial charge in [0.05, 0.1) is 24.6 Å². The molecule has 0 saturated heterocycles. The van der Waals surface area contributed by atoms with Crippen molar-refractivity contribution in [1.29, 1.82) is 0 Å². The molecular weight excluding hydrogens is 226 g/mol. The predicted octanol–water partition coefficient (Wildman–Crippen LogP) is 0.0244. The van der Waals surface area contributed by atoms with Gasteiger partial charge in [-0.1, -0.05) is 0 Å². The zero-order valence-corrected chi connectivity index (χ0v) is 10.2.